The first kappa shape index (κ1) is 27.3. The summed E-state index contributed by atoms with van der Waals surface area (Å²) < 4.78 is 23.6. The van der Waals surface area contributed by atoms with Crippen LogP contribution in [0.3, 0.4) is 0 Å². The average molecular weight is 598 g/mol. The minimum absolute atomic E-state index is 0.0336. The van der Waals surface area contributed by atoms with E-state index in [4.69, 9.17) is 16.3 Å². The van der Waals surface area contributed by atoms with Gasteiger partial charge in [0.2, 0.25) is 5.28 Å². The van der Waals surface area contributed by atoms with Gasteiger partial charge in [-0.05, 0) is 58.6 Å². The number of amides is 2. The second-order valence-electron chi connectivity index (χ2n) is 7.40. The van der Waals surface area contributed by atoms with E-state index in [0.29, 0.717) is 35.4 Å². The van der Waals surface area contributed by atoms with E-state index >= 15 is 0 Å². The average Bonchev–Trinajstić information content (AvgIpc) is 2.83. The number of non-ortho nitro benzene ring substituents is 1. The van der Waals surface area contributed by atoms with Gasteiger partial charge in [0.05, 0.1) is 36.7 Å². The Labute approximate surface area is 221 Å². The highest BCUT2D eigenvalue weighted by molar-refractivity contribution is 9.10. The van der Waals surface area contributed by atoms with Gasteiger partial charge in [0.15, 0.2) is 0 Å². The Morgan fingerprint density at radius 3 is 2.72 bits per heavy atom. The summed E-state index contributed by atoms with van der Waals surface area (Å²) in [4.78, 5) is 31.1. The number of nitrogens with one attached hydrogen (secondary N) is 2. The van der Waals surface area contributed by atoms with Crippen molar-refractivity contribution >= 4 is 60.5 Å². The number of halogens is 2. The highest BCUT2D eigenvalue weighted by Crippen LogP contribution is 2.30. The van der Waals surface area contributed by atoms with Gasteiger partial charge in [-0.25, -0.2) is 14.0 Å². The fourth-order valence-corrected chi connectivity index (χ4v) is 4.73. The van der Waals surface area contributed by atoms with E-state index in [2.05, 4.69) is 40.9 Å². The lowest BCUT2D eigenvalue weighted by molar-refractivity contribution is -0.385. The molecular formula is C22H22BrClN6O5S. The second kappa shape index (κ2) is 12.6. The first-order valence-corrected chi connectivity index (χ1v) is 13.7. The smallest absolute Gasteiger partial charge is 0.353 e. The summed E-state index contributed by atoms with van der Waals surface area (Å²) in [5.74, 6) is 0.587. The number of urea groups is 1. The Hall–Kier alpha value is -3.29. The molecule has 36 heavy (non-hydrogen) atoms. The Morgan fingerprint density at radius 2 is 2.00 bits per heavy atom. The third-order valence-electron chi connectivity index (χ3n) is 4.66. The number of ether oxygens (including phenoxy) is 1. The van der Waals surface area contributed by atoms with Crippen LogP contribution in [0.15, 0.2) is 68.5 Å². The number of aromatic nitrogens is 2. The third-order valence-corrected chi connectivity index (χ3v) is 7.09. The highest BCUT2D eigenvalue weighted by Gasteiger charge is 2.19. The number of carbonyl (C=O) groups is 1. The minimum Gasteiger partial charge on any atom is -0.492 e. The van der Waals surface area contributed by atoms with Crippen LogP contribution in [0.5, 0.6) is 5.75 Å². The first-order chi connectivity index (χ1) is 17.2. The first-order valence-electron chi connectivity index (χ1n) is 10.6. The fraction of sp³-hybridized carbons (Fsp3) is 0.227. The predicted octanol–water partition coefficient (Wildman–Crippen LogP) is 5.76. The summed E-state index contributed by atoms with van der Waals surface area (Å²) in [6.45, 7) is 0.740. The van der Waals surface area contributed by atoms with Crippen molar-refractivity contribution in [3.8, 4) is 5.75 Å². The van der Waals surface area contributed by atoms with Crippen molar-refractivity contribution in [2.45, 2.75) is 17.7 Å². The second-order valence-corrected chi connectivity index (χ2v) is 10.8. The monoisotopic (exact) mass is 596 g/mol. The number of nitro groups is 1. The van der Waals surface area contributed by atoms with Crippen LogP contribution in [0.25, 0.3) is 0 Å². The topological polar surface area (TPSA) is 149 Å². The molecule has 0 bridgehead atoms. The van der Waals surface area contributed by atoms with E-state index in [1.807, 2.05) is 0 Å². The van der Waals surface area contributed by atoms with Gasteiger partial charge < -0.3 is 15.4 Å². The molecule has 2 N–H and O–H groups in total. The number of nitro benzene ring substituents is 1. The van der Waals surface area contributed by atoms with Gasteiger partial charge >= 0.3 is 6.03 Å². The molecule has 1 heterocycles. The van der Waals surface area contributed by atoms with Crippen LogP contribution < -0.4 is 15.4 Å². The maximum Gasteiger partial charge on any atom is 0.353 e. The zero-order valence-electron chi connectivity index (χ0n) is 19.0. The van der Waals surface area contributed by atoms with Crippen molar-refractivity contribution in [3.05, 3.63) is 74.6 Å². The van der Waals surface area contributed by atoms with Crippen molar-refractivity contribution in [1.82, 2.24) is 9.97 Å². The summed E-state index contributed by atoms with van der Waals surface area (Å²) >= 11 is 9.13. The molecule has 0 aliphatic rings. The van der Waals surface area contributed by atoms with Crippen molar-refractivity contribution < 1.29 is 18.7 Å². The maximum atomic E-state index is 13.3. The predicted molar refractivity (Wildman–Crippen MR) is 141 cm³/mol. The summed E-state index contributed by atoms with van der Waals surface area (Å²) in [5, 5.41) is 17.0. The molecule has 3 aromatic rings. The summed E-state index contributed by atoms with van der Waals surface area (Å²) in [6, 6.07) is 11.5. The van der Waals surface area contributed by atoms with Gasteiger partial charge in [0.25, 0.3) is 5.69 Å². The van der Waals surface area contributed by atoms with E-state index in [9.17, 15) is 19.1 Å². The molecule has 0 aliphatic heterocycles. The number of hydrogen-bond donors (Lipinski definition) is 2. The van der Waals surface area contributed by atoms with Crippen LogP contribution in [0.1, 0.15) is 12.8 Å². The normalized spacial score (nSPS) is 12.3. The van der Waals surface area contributed by atoms with Gasteiger partial charge in [0, 0.05) is 30.8 Å². The lowest BCUT2D eigenvalue weighted by atomic mass is 10.3. The number of unbranched alkanes of at least 4 members (excludes halogenated alkanes) is 1. The van der Waals surface area contributed by atoms with E-state index < -0.39 is 20.7 Å². The molecule has 0 radical (unpaired) electrons. The molecule has 2 aromatic carbocycles. The summed E-state index contributed by atoms with van der Waals surface area (Å²) in [5.41, 5.74) is 0.261. The molecule has 0 saturated carbocycles. The van der Waals surface area contributed by atoms with Crippen molar-refractivity contribution in [2.75, 3.05) is 30.0 Å². The largest absolute Gasteiger partial charge is 0.492 e. The number of benzene rings is 2. The number of para-hydroxylation sites is 1. The molecule has 1 aromatic heterocycles. The quantitative estimate of drug-likeness (QED) is 0.130. The fourth-order valence-electron chi connectivity index (χ4n) is 3.00. The number of anilines is 2. The van der Waals surface area contributed by atoms with Crippen LogP contribution in [0, 0.1) is 10.1 Å². The molecule has 1 atom stereocenters. The zero-order valence-corrected chi connectivity index (χ0v) is 22.2. The Morgan fingerprint density at radius 1 is 1.25 bits per heavy atom. The molecule has 190 valence electrons. The molecule has 0 fully saturated rings. The lowest BCUT2D eigenvalue weighted by Crippen LogP contribution is -2.12. The van der Waals surface area contributed by atoms with Crippen LogP contribution >= 0.6 is 27.5 Å². The minimum atomic E-state index is -3.27. The maximum absolute atomic E-state index is 13.3. The van der Waals surface area contributed by atoms with Crippen LogP contribution in [0.2, 0.25) is 5.28 Å². The molecule has 0 saturated heterocycles. The molecule has 1 unspecified atom stereocenters. The Balaban J connectivity index is 1.67. The molecule has 0 spiro atoms. The van der Waals surface area contributed by atoms with Crippen LogP contribution in [-0.4, -0.2) is 44.5 Å². The lowest BCUT2D eigenvalue weighted by Gasteiger charge is -2.13. The number of nitrogens with zero attached hydrogens (tertiary/aromatic N) is 4. The molecular weight excluding hydrogens is 576 g/mol. The highest BCUT2D eigenvalue weighted by atomic mass is 79.9. The van der Waals surface area contributed by atoms with E-state index in [0.717, 1.165) is 0 Å². The number of hydrogen-bond acceptors (Lipinski definition) is 8. The van der Waals surface area contributed by atoms with Crippen molar-refractivity contribution in [2.24, 2.45) is 4.36 Å². The molecule has 14 heteroatoms. The van der Waals surface area contributed by atoms with Gasteiger partial charge in [-0.1, -0.05) is 18.2 Å². The Kier molecular flexibility index (Phi) is 9.56. The summed E-state index contributed by atoms with van der Waals surface area (Å²) in [6.07, 6.45) is 4.06. The zero-order chi connectivity index (χ0) is 26.1. The standard InChI is InChI=1S/C22H22BrClN6O5S/c1-36(34,29-22(31)27-15-7-3-2-4-8-15)19-10-9-16(30(32)33)13-18(19)35-12-6-5-11-25-20-17(23)14-26-21(24)28-20/h2-4,7-10,13-14H,5-6,11-12H2,1H3,(H,27,31)(H,25,26,28). The van der Waals surface area contributed by atoms with Crippen molar-refractivity contribution in [1.29, 1.82) is 0 Å². The van der Waals surface area contributed by atoms with Gasteiger partial charge in [0.1, 0.15) is 11.6 Å². The molecule has 11 nitrogen and oxygen atoms in total. The van der Waals surface area contributed by atoms with E-state index in [1.165, 1.54) is 30.7 Å². The summed E-state index contributed by atoms with van der Waals surface area (Å²) in [7, 11) is -3.27. The molecule has 2 amide bonds. The third kappa shape index (κ3) is 7.86. The van der Waals surface area contributed by atoms with E-state index in [1.54, 1.807) is 30.3 Å². The van der Waals surface area contributed by atoms with Gasteiger partial charge in [-0.3, -0.25) is 10.1 Å². The van der Waals surface area contributed by atoms with E-state index in [-0.39, 0.29) is 28.2 Å². The van der Waals surface area contributed by atoms with Crippen molar-refractivity contribution in [3.63, 3.8) is 0 Å². The SMILES string of the molecule is CS(=O)(=NC(=O)Nc1ccccc1)c1ccc([N+](=O)[O-])cc1OCCCCNc1nc(Cl)ncc1Br. The number of rotatable bonds is 10. The van der Waals surface area contributed by atoms with Gasteiger partial charge in [-0.2, -0.15) is 4.98 Å². The van der Waals surface area contributed by atoms with Crippen LogP contribution in [-0.2, 0) is 9.73 Å². The number of carbonyl (C=O) groups excluding carboxylic acids is 1. The Bertz CT molecular complexity index is 1370. The molecule has 0 aliphatic carbocycles. The van der Waals surface area contributed by atoms with Crippen LogP contribution in [0.4, 0.5) is 22.0 Å². The molecule has 3 rings (SSSR count). The van der Waals surface area contributed by atoms with Gasteiger partial charge in [-0.15, -0.1) is 4.36 Å².